The summed E-state index contributed by atoms with van der Waals surface area (Å²) < 4.78 is 0. The SMILES string of the molecule is C[C](CO)c1ccc(C2CC2)c(Cl)c1. The summed E-state index contributed by atoms with van der Waals surface area (Å²) in [6.45, 7) is 2.02. The van der Waals surface area contributed by atoms with Gasteiger partial charge in [-0.1, -0.05) is 30.7 Å². The molecule has 0 saturated heterocycles. The second-order valence-electron chi connectivity index (χ2n) is 3.95. The van der Waals surface area contributed by atoms with Gasteiger partial charge in [0.2, 0.25) is 0 Å². The molecule has 1 aromatic carbocycles. The van der Waals surface area contributed by atoms with Crippen molar-refractivity contribution in [3.8, 4) is 0 Å². The van der Waals surface area contributed by atoms with Gasteiger partial charge in [0, 0.05) is 10.9 Å². The summed E-state index contributed by atoms with van der Waals surface area (Å²) in [5.41, 5.74) is 2.31. The minimum Gasteiger partial charge on any atom is -0.395 e. The zero-order valence-electron chi connectivity index (χ0n) is 8.26. The van der Waals surface area contributed by atoms with Crippen molar-refractivity contribution in [1.82, 2.24) is 0 Å². The Morgan fingerprint density at radius 2 is 2.21 bits per heavy atom. The monoisotopic (exact) mass is 209 g/mol. The highest BCUT2D eigenvalue weighted by atomic mass is 35.5. The lowest BCUT2D eigenvalue weighted by Crippen LogP contribution is -2.00. The van der Waals surface area contributed by atoms with Crippen molar-refractivity contribution in [2.45, 2.75) is 25.7 Å². The van der Waals surface area contributed by atoms with Crippen LogP contribution in [0, 0.1) is 5.92 Å². The molecular weight excluding hydrogens is 196 g/mol. The zero-order chi connectivity index (χ0) is 10.1. The highest BCUT2D eigenvalue weighted by molar-refractivity contribution is 6.31. The highest BCUT2D eigenvalue weighted by Crippen LogP contribution is 2.43. The number of halogens is 1. The molecule has 0 aliphatic heterocycles. The molecule has 0 bridgehead atoms. The number of hydrogen-bond donors (Lipinski definition) is 1. The average molecular weight is 210 g/mol. The maximum atomic E-state index is 8.99. The van der Waals surface area contributed by atoms with Crippen molar-refractivity contribution in [3.63, 3.8) is 0 Å². The predicted octanol–water partition coefficient (Wildman–Crippen LogP) is 3.15. The summed E-state index contributed by atoms with van der Waals surface area (Å²) in [7, 11) is 0. The molecule has 1 nitrogen and oxygen atoms in total. The molecule has 1 radical (unpaired) electrons. The van der Waals surface area contributed by atoms with Crippen LogP contribution < -0.4 is 0 Å². The summed E-state index contributed by atoms with van der Waals surface area (Å²) >= 11 is 6.17. The summed E-state index contributed by atoms with van der Waals surface area (Å²) in [5, 5.41) is 9.83. The number of rotatable bonds is 3. The van der Waals surface area contributed by atoms with E-state index in [2.05, 4.69) is 6.07 Å². The second kappa shape index (κ2) is 3.92. The summed E-state index contributed by atoms with van der Waals surface area (Å²) in [4.78, 5) is 0. The molecular formula is C12H14ClO. The van der Waals surface area contributed by atoms with E-state index in [0.717, 1.165) is 16.5 Å². The molecule has 0 amide bonds. The molecule has 1 fully saturated rings. The van der Waals surface area contributed by atoms with Crippen LogP contribution in [0.5, 0.6) is 0 Å². The van der Waals surface area contributed by atoms with Gasteiger partial charge in [-0.05, 0) is 36.0 Å². The quantitative estimate of drug-likeness (QED) is 0.811. The summed E-state index contributed by atoms with van der Waals surface area (Å²) in [5.74, 6) is 1.65. The van der Waals surface area contributed by atoms with E-state index in [1.807, 2.05) is 19.1 Å². The highest BCUT2D eigenvalue weighted by Gasteiger charge is 2.25. The van der Waals surface area contributed by atoms with Crippen molar-refractivity contribution in [3.05, 3.63) is 40.3 Å². The molecule has 1 N–H and O–H groups in total. The smallest absolute Gasteiger partial charge is 0.0534 e. The van der Waals surface area contributed by atoms with E-state index in [4.69, 9.17) is 16.7 Å². The van der Waals surface area contributed by atoms with Gasteiger partial charge in [0.05, 0.1) is 6.61 Å². The maximum Gasteiger partial charge on any atom is 0.0534 e. The van der Waals surface area contributed by atoms with Crippen LogP contribution in [0.2, 0.25) is 5.02 Å². The molecule has 0 spiro atoms. The fourth-order valence-corrected chi connectivity index (χ4v) is 1.94. The van der Waals surface area contributed by atoms with E-state index < -0.39 is 0 Å². The Balaban J connectivity index is 2.25. The molecule has 1 aromatic rings. The lowest BCUT2D eigenvalue weighted by atomic mass is 9.99. The van der Waals surface area contributed by atoms with Crippen molar-refractivity contribution >= 4 is 11.6 Å². The Kier molecular flexibility index (Phi) is 2.80. The zero-order valence-corrected chi connectivity index (χ0v) is 9.01. The van der Waals surface area contributed by atoms with E-state index in [1.54, 1.807) is 0 Å². The standard InChI is InChI=1S/C12H14ClO/c1-8(7-14)10-4-5-11(9-2-3-9)12(13)6-10/h4-6,9,14H,2-3,7H2,1H3. The van der Waals surface area contributed by atoms with E-state index in [-0.39, 0.29) is 6.61 Å². The average Bonchev–Trinajstić information content (AvgIpc) is 3.00. The molecule has 1 aliphatic rings. The Morgan fingerprint density at radius 1 is 1.50 bits per heavy atom. The Bertz CT molecular complexity index is 331. The number of aliphatic hydroxyl groups is 1. The van der Waals surface area contributed by atoms with Gasteiger partial charge in [-0.25, -0.2) is 0 Å². The van der Waals surface area contributed by atoms with Crippen LogP contribution in [0.25, 0.3) is 0 Å². The lowest BCUT2D eigenvalue weighted by molar-refractivity contribution is 0.315. The van der Waals surface area contributed by atoms with E-state index >= 15 is 0 Å². The normalized spacial score (nSPS) is 16.3. The fraction of sp³-hybridized carbons (Fsp3) is 0.417. The van der Waals surface area contributed by atoms with Gasteiger partial charge in [-0.3, -0.25) is 0 Å². The Labute approximate surface area is 89.7 Å². The molecule has 0 aromatic heterocycles. The van der Waals surface area contributed by atoms with E-state index in [0.29, 0.717) is 5.92 Å². The van der Waals surface area contributed by atoms with Gasteiger partial charge in [0.15, 0.2) is 0 Å². The molecule has 2 rings (SSSR count). The minimum absolute atomic E-state index is 0.0963. The van der Waals surface area contributed by atoms with Gasteiger partial charge in [-0.2, -0.15) is 0 Å². The van der Waals surface area contributed by atoms with Gasteiger partial charge in [0.1, 0.15) is 0 Å². The summed E-state index contributed by atoms with van der Waals surface area (Å²) in [6.07, 6.45) is 2.53. The topological polar surface area (TPSA) is 20.2 Å². The van der Waals surface area contributed by atoms with E-state index in [1.165, 1.54) is 18.4 Å². The Hall–Kier alpha value is -0.530. The molecule has 2 heteroatoms. The number of aliphatic hydroxyl groups excluding tert-OH is 1. The van der Waals surface area contributed by atoms with Crippen LogP contribution in [-0.4, -0.2) is 11.7 Å². The first-order valence-electron chi connectivity index (χ1n) is 4.95. The van der Waals surface area contributed by atoms with Crippen molar-refractivity contribution in [2.75, 3.05) is 6.61 Å². The van der Waals surface area contributed by atoms with Gasteiger partial charge < -0.3 is 5.11 Å². The predicted molar refractivity (Wildman–Crippen MR) is 58.5 cm³/mol. The molecule has 1 saturated carbocycles. The molecule has 14 heavy (non-hydrogen) atoms. The van der Waals surface area contributed by atoms with Gasteiger partial charge >= 0.3 is 0 Å². The number of benzene rings is 1. The third-order valence-corrected chi connectivity index (χ3v) is 3.07. The first-order valence-corrected chi connectivity index (χ1v) is 5.33. The molecule has 0 atom stereocenters. The maximum absolute atomic E-state index is 8.99. The fourth-order valence-electron chi connectivity index (χ4n) is 1.61. The van der Waals surface area contributed by atoms with Crippen LogP contribution in [0.3, 0.4) is 0 Å². The summed E-state index contributed by atoms with van der Waals surface area (Å²) in [6, 6.07) is 6.10. The molecule has 75 valence electrons. The largest absolute Gasteiger partial charge is 0.395 e. The first kappa shape index (κ1) is 10.0. The van der Waals surface area contributed by atoms with Gasteiger partial charge in [0.25, 0.3) is 0 Å². The van der Waals surface area contributed by atoms with Crippen LogP contribution in [0.15, 0.2) is 18.2 Å². The van der Waals surface area contributed by atoms with Crippen molar-refractivity contribution in [1.29, 1.82) is 0 Å². The van der Waals surface area contributed by atoms with Crippen LogP contribution in [-0.2, 0) is 0 Å². The Morgan fingerprint density at radius 3 is 2.71 bits per heavy atom. The van der Waals surface area contributed by atoms with Crippen LogP contribution in [0.4, 0.5) is 0 Å². The van der Waals surface area contributed by atoms with Gasteiger partial charge in [-0.15, -0.1) is 0 Å². The third kappa shape index (κ3) is 1.94. The third-order valence-electron chi connectivity index (χ3n) is 2.75. The second-order valence-corrected chi connectivity index (χ2v) is 4.36. The number of hydrogen-bond acceptors (Lipinski definition) is 1. The first-order chi connectivity index (χ1) is 6.72. The van der Waals surface area contributed by atoms with Crippen LogP contribution >= 0.6 is 11.6 Å². The van der Waals surface area contributed by atoms with Crippen LogP contribution in [0.1, 0.15) is 36.8 Å². The van der Waals surface area contributed by atoms with Crippen molar-refractivity contribution in [2.24, 2.45) is 0 Å². The van der Waals surface area contributed by atoms with Crippen molar-refractivity contribution < 1.29 is 5.11 Å². The van der Waals surface area contributed by atoms with E-state index in [9.17, 15) is 0 Å². The molecule has 0 unspecified atom stereocenters. The lowest BCUT2D eigenvalue weighted by Gasteiger charge is -2.10. The molecule has 1 aliphatic carbocycles. The molecule has 0 heterocycles. The minimum atomic E-state index is 0.0963.